The van der Waals surface area contributed by atoms with Gasteiger partial charge >= 0.3 is 18.3 Å². The number of carboxylic acid groups (broad SMARTS) is 1. The molecular weight excluding hydrogens is 472 g/mol. The minimum Gasteiger partial charge on any atom is -0.475 e. The van der Waals surface area contributed by atoms with Crippen molar-refractivity contribution in [2.24, 2.45) is 5.73 Å². The number of pyridine rings is 1. The lowest BCUT2D eigenvalue weighted by molar-refractivity contribution is -0.192. The molecule has 8 nitrogen and oxygen atoms in total. The molecule has 0 unspecified atom stereocenters. The average Bonchev–Trinajstić information content (AvgIpc) is 3.42. The van der Waals surface area contributed by atoms with Gasteiger partial charge in [-0.1, -0.05) is 0 Å². The van der Waals surface area contributed by atoms with Crippen LogP contribution >= 0.6 is 0 Å². The summed E-state index contributed by atoms with van der Waals surface area (Å²) in [5, 5.41) is 12.0. The van der Waals surface area contributed by atoms with E-state index in [9.17, 15) is 31.1 Å². The number of carbonyl (C=O) groups excluding carboxylic acids is 1. The Morgan fingerprint density at radius 1 is 1.06 bits per heavy atom. The van der Waals surface area contributed by atoms with Crippen molar-refractivity contribution in [3.05, 3.63) is 66.2 Å². The molecule has 0 bridgehead atoms. The number of alkyl halides is 6. The molecule has 4 N–H and O–H groups in total. The van der Waals surface area contributed by atoms with E-state index in [1.165, 1.54) is 12.4 Å². The monoisotopic (exact) mass is 485 g/mol. The van der Waals surface area contributed by atoms with E-state index in [1.54, 1.807) is 18.5 Å². The number of amides is 1. The highest BCUT2D eigenvalue weighted by molar-refractivity contribution is 5.94. The maximum Gasteiger partial charge on any atom is 0.490 e. The van der Waals surface area contributed by atoms with Crippen molar-refractivity contribution in [1.29, 1.82) is 0 Å². The van der Waals surface area contributed by atoms with Gasteiger partial charge in [-0.3, -0.25) is 4.79 Å². The Balaban J connectivity index is 0.000000406. The number of aromatic amines is 1. The van der Waals surface area contributed by atoms with E-state index in [0.29, 0.717) is 11.2 Å². The van der Waals surface area contributed by atoms with E-state index in [1.807, 2.05) is 6.07 Å². The van der Waals surface area contributed by atoms with Gasteiger partial charge in [0.05, 0.1) is 17.4 Å². The molecular formula is C20H13F6N5O3. The first-order chi connectivity index (χ1) is 15.8. The molecule has 3 heterocycles. The highest BCUT2D eigenvalue weighted by Crippen LogP contribution is 2.35. The zero-order valence-corrected chi connectivity index (χ0v) is 16.6. The number of aliphatic carboxylic acids is 1. The normalized spacial score (nSPS) is 11.7. The van der Waals surface area contributed by atoms with Gasteiger partial charge in [-0.15, -0.1) is 0 Å². The van der Waals surface area contributed by atoms with Crippen LogP contribution in [0, 0.1) is 0 Å². The Morgan fingerprint density at radius 2 is 1.74 bits per heavy atom. The molecule has 178 valence electrons. The van der Waals surface area contributed by atoms with Gasteiger partial charge in [0.15, 0.2) is 0 Å². The highest BCUT2D eigenvalue weighted by atomic mass is 19.4. The minimum absolute atomic E-state index is 0.0352. The van der Waals surface area contributed by atoms with Gasteiger partial charge in [-0.25, -0.2) is 14.5 Å². The number of aromatic nitrogens is 4. The van der Waals surface area contributed by atoms with E-state index in [0.717, 1.165) is 33.8 Å². The number of nitrogens with zero attached hydrogens (tertiary/aromatic N) is 3. The number of H-pyrrole nitrogens is 1. The molecule has 0 fully saturated rings. The summed E-state index contributed by atoms with van der Waals surface area (Å²) in [6.07, 6.45) is -3.44. The third kappa shape index (κ3) is 5.16. The van der Waals surface area contributed by atoms with Crippen LogP contribution in [-0.4, -0.2) is 42.9 Å². The fourth-order valence-electron chi connectivity index (χ4n) is 2.92. The van der Waals surface area contributed by atoms with Crippen LogP contribution in [0.5, 0.6) is 0 Å². The Labute approximate surface area is 185 Å². The van der Waals surface area contributed by atoms with Crippen molar-refractivity contribution >= 4 is 22.9 Å². The molecule has 0 aliphatic rings. The summed E-state index contributed by atoms with van der Waals surface area (Å²) in [6.45, 7) is 0. The third-order valence-corrected chi connectivity index (χ3v) is 4.43. The number of carbonyl (C=O) groups is 2. The Morgan fingerprint density at radius 3 is 2.32 bits per heavy atom. The van der Waals surface area contributed by atoms with Crippen LogP contribution in [0.4, 0.5) is 26.3 Å². The first-order valence-corrected chi connectivity index (χ1v) is 9.07. The van der Waals surface area contributed by atoms with E-state index in [2.05, 4.69) is 15.1 Å². The van der Waals surface area contributed by atoms with Crippen molar-refractivity contribution in [3.63, 3.8) is 0 Å². The molecule has 0 aliphatic heterocycles. The summed E-state index contributed by atoms with van der Waals surface area (Å²) < 4.78 is 73.0. The summed E-state index contributed by atoms with van der Waals surface area (Å²) in [7, 11) is 0. The van der Waals surface area contributed by atoms with Gasteiger partial charge in [-0.2, -0.15) is 31.4 Å². The molecule has 0 saturated heterocycles. The van der Waals surface area contributed by atoms with E-state index in [4.69, 9.17) is 15.6 Å². The fourth-order valence-corrected chi connectivity index (χ4v) is 2.92. The number of hydrogen-bond donors (Lipinski definition) is 3. The molecule has 0 atom stereocenters. The molecule has 0 aliphatic carbocycles. The lowest BCUT2D eigenvalue weighted by Gasteiger charge is -2.13. The molecule has 0 spiro atoms. The average molecular weight is 485 g/mol. The molecule has 0 saturated carbocycles. The van der Waals surface area contributed by atoms with Crippen molar-refractivity contribution in [1.82, 2.24) is 19.7 Å². The third-order valence-electron chi connectivity index (χ3n) is 4.43. The molecule has 3 aromatic heterocycles. The Hall–Kier alpha value is -4.36. The lowest BCUT2D eigenvalue weighted by Crippen LogP contribution is -2.21. The van der Waals surface area contributed by atoms with Gasteiger partial charge in [0.1, 0.15) is 5.65 Å². The first kappa shape index (κ1) is 24.3. The minimum atomic E-state index is -5.08. The quantitative estimate of drug-likeness (QED) is 0.376. The molecule has 1 amide bonds. The number of nitrogens with one attached hydrogen (secondary N) is 1. The van der Waals surface area contributed by atoms with E-state index < -0.39 is 29.8 Å². The van der Waals surface area contributed by atoms with Crippen LogP contribution in [0.3, 0.4) is 0 Å². The SMILES string of the molecule is NC(=O)c1ccc(C(F)(F)F)c(-n2cc(-c3ccnc4[nH]ccc34)cn2)c1.O=C(O)C(F)(F)F. The molecule has 14 heteroatoms. The Bertz CT molecular complexity index is 1360. The predicted molar refractivity (Wildman–Crippen MR) is 106 cm³/mol. The Kier molecular flexibility index (Phi) is 6.34. The fraction of sp³-hybridized carbons (Fsp3) is 0.100. The second-order valence-corrected chi connectivity index (χ2v) is 6.67. The number of primary amides is 1. The van der Waals surface area contributed by atoms with Crippen LogP contribution in [0.1, 0.15) is 15.9 Å². The highest BCUT2D eigenvalue weighted by Gasteiger charge is 2.38. The van der Waals surface area contributed by atoms with Gasteiger partial charge < -0.3 is 15.8 Å². The number of fused-ring (bicyclic) bond motifs is 1. The number of benzene rings is 1. The van der Waals surface area contributed by atoms with Crippen molar-refractivity contribution in [3.8, 4) is 16.8 Å². The maximum absolute atomic E-state index is 13.4. The standard InChI is InChI=1S/C18H12F3N5O.C2HF3O2/c19-18(20,21)14-2-1-10(16(22)27)7-15(14)26-9-11(8-25-26)12-3-5-23-17-13(12)4-6-24-17;3-2(4,5)1(6)7/h1-9H,(H2,22,27)(H,23,24);(H,6,7). The molecule has 0 radical (unpaired) electrons. The van der Waals surface area contributed by atoms with Crippen LogP contribution in [0.15, 0.2) is 55.1 Å². The molecule has 34 heavy (non-hydrogen) atoms. The zero-order chi connectivity index (χ0) is 25.3. The lowest BCUT2D eigenvalue weighted by atomic mass is 10.1. The van der Waals surface area contributed by atoms with Gasteiger partial charge in [0, 0.05) is 35.1 Å². The van der Waals surface area contributed by atoms with Crippen molar-refractivity contribution in [2.45, 2.75) is 12.4 Å². The van der Waals surface area contributed by atoms with E-state index in [-0.39, 0.29) is 11.3 Å². The van der Waals surface area contributed by atoms with Gasteiger partial charge in [-0.05, 0) is 35.9 Å². The largest absolute Gasteiger partial charge is 0.490 e. The summed E-state index contributed by atoms with van der Waals surface area (Å²) >= 11 is 0. The number of rotatable bonds is 3. The van der Waals surface area contributed by atoms with Gasteiger partial charge in [0.2, 0.25) is 5.91 Å². The summed E-state index contributed by atoms with van der Waals surface area (Å²) in [5.41, 5.74) is 6.02. The van der Waals surface area contributed by atoms with Crippen LogP contribution in [0.25, 0.3) is 27.8 Å². The van der Waals surface area contributed by atoms with Crippen molar-refractivity contribution < 1.29 is 41.0 Å². The summed E-state index contributed by atoms with van der Waals surface area (Å²) in [4.78, 5) is 27.5. The first-order valence-electron chi connectivity index (χ1n) is 9.07. The maximum atomic E-state index is 13.4. The van der Waals surface area contributed by atoms with E-state index >= 15 is 0 Å². The zero-order valence-electron chi connectivity index (χ0n) is 16.6. The predicted octanol–water partition coefficient (Wildman–Crippen LogP) is 4.17. The number of carboxylic acids is 1. The molecule has 4 rings (SSSR count). The molecule has 1 aromatic carbocycles. The second-order valence-electron chi connectivity index (χ2n) is 6.67. The number of hydrogen-bond acceptors (Lipinski definition) is 4. The molecule has 4 aromatic rings. The van der Waals surface area contributed by atoms with Gasteiger partial charge in [0.25, 0.3) is 0 Å². The van der Waals surface area contributed by atoms with Crippen LogP contribution in [0.2, 0.25) is 0 Å². The number of halogens is 6. The summed E-state index contributed by atoms with van der Waals surface area (Å²) in [5.74, 6) is -3.58. The smallest absolute Gasteiger partial charge is 0.475 e. The van der Waals surface area contributed by atoms with Crippen LogP contribution in [-0.2, 0) is 11.0 Å². The number of nitrogens with two attached hydrogens (primary N) is 1. The second kappa shape index (κ2) is 8.88. The summed E-state index contributed by atoms with van der Waals surface area (Å²) in [6, 6.07) is 6.53. The van der Waals surface area contributed by atoms with Crippen molar-refractivity contribution in [2.75, 3.05) is 0 Å². The van der Waals surface area contributed by atoms with Crippen LogP contribution < -0.4 is 5.73 Å². The topological polar surface area (TPSA) is 127 Å².